The summed E-state index contributed by atoms with van der Waals surface area (Å²) in [5, 5.41) is 10.3. The Kier molecular flexibility index (Phi) is 8.56. The summed E-state index contributed by atoms with van der Waals surface area (Å²) < 4.78 is 11.1. The number of anilines is 2. The monoisotopic (exact) mass is 545 g/mol. The second kappa shape index (κ2) is 12.2. The first-order chi connectivity index (χ1) is 18.8. The molecule has 1 atom stereocenters. The maximum Gasteiger partial charge on any atom is 0.412 e. The Morgan fingerprint density at radius 3 is 2.44 bits per heavy atom. The second-order valence-electron chi connectivity index (χ2n) is 8.75. The topological polar surface area (TPSA) is 128 Å². The van der Waals surface area contributed by atoms with Gasteiger partial charge in [0.25, 0.3) is 0 Å². The SMILES string of the molecule is Cc1noc(-c2ccc(-c3ccc4c(c3)NC(=O)CC4)cc2)c1NC(=O)OC(C)c1ccccc1Cl.O=C=O. The van der Waals surface area contributed by atoms with Crippen molar-refractivity contribution < 1.29 is 28.4 Å². The van der Waals surface area contributed by atoms with E-state index in [2.05, 4.69) is 21.9 Å². The van der Waals surface area contributed by atoms with E-state index < -0.39 is 12.2 Å². The van der Waals surface area contributed by atoms with Gasteiger partial charge in [0.05, 0.1) is 0 Å². The van der Waals surface area contributed by atoms with E-state index >= 15 is 0 Å². The van der Waals surface area contributed by atoms with Gasteiger partial charge in [-0.1, -0.05) is 71.4 Å². The van der Waals surface area contributed by atoms with Crippen molar-refractivity contribution in [3.05, 3.63) is 88.6 Å². The van der Waals surface area contributed by atoms with E-state index in [0.29, 0.717) is 34.1 Å². The normalized spacial score (nSPS) is 12.6. The van der Waals surface area contributed by atoms with Crippen LogP contribution in [0.1, 0.15) is 36.3 Å². The number of carbonyl (C=O) groups excluding carboxylic acids is 4. The molecule has 198 valence electrons. The molecule has 1 aromatic heterocycles. The van der Waals surface area contributed by atoms with E-state index in [-0.39, 0.29) is 12.1 Å². The van der Waals surface area contributed by atoms with Gasteiger partial charge in [-0.2, -0.15) is 9.59 Å². The molecule has 0 bridgehead atoms. The summed E-state index contributed by atoms with van der Waals surface area (Å²) in [7, 11) is 0. The fourth-order valence-corrected chi connectivity index (χ4v) is 4.53. The molecular formula is C29H24ClN3O6. The number of amides is 2. The number of carbonyl (C=O) groups is 2. The molecule has 39 heavy (non-hydrogen) atoms. The summed E-state index contributed by atoms with van der Waals surface area (Å²) in [5.41, 5.74) is 6.41. The van der Waals surface area contributed by atoms with Gasteiger partial charge in [0.1, 0.15) is 17.5 Å². The second-order valence-corrected chi connectivity index (χ2v) is 9.15. The van der Waals surface area contributed by atoms with Gasteiger partial charge in [0.15, 0.2) is 5.76 Å². The minimum absolute atomic E-state index is 0.0375. The Morgan fingerprint density at radius 2 is 1.72 bits per heavy atom. The molecule has 10 heteroatoms. The van der Waals surface area contributed by atoms with Crippen molar-refractivity contribution in [2.75, 3.05) is 10.6 Å². The molecule has 2 N–H and O–H groups in total. The number of aryl methyl sites for hydroxylation is 2. The molecule has 2 amide bonds. The van der Waals surface area contributed by atoms with Gasteiger partial charge in [0.2, 0.25) is 5.91 Å². The molecule has 3 aromatic carbocycles. The predicted octanol–water partition coefficient (Wildman–Crippen LogP) is 6.58. The number of rotatable bonds is 5. The highest BCUT2D eigenvalue weighted by molar-refractivity contribution is 6.31. The van der Waals surface area contributed by atoms with Crippen molar-refractivity contribution >= 4 is 41.1 Å². The van der Waals surface area contributed by atoms with Crippen LogP contribution >= 0.6 is 11.6 Å². The zero-order valence-electron chi connectivity index (χ0n) is 21.1. The Balaban J connectivity index is 0.00000112. The molecule has 5 rings (SSSR count). The Labute approximate surface area is 229 Å². The molecule has 1 unspecified atom stereocenters. The smallest absolute Gasteiger partial charge is 0.412 e. The van der Waals surface area contributed by atoms with E-state index in [1.54, 1.807) is 19.9 Å². The lowest BCUT2D eigenvalue weighted by atomic mass is 9.97. The molecule has 0 fully saturated rings. The number of nitrogens with one attached hydrogen (secondary N) is 2. The van der Waals surface area contributed by atoms with Crippen LogP contribution in [-0.2, 0) is 25.5 Å². The lowest BCUT2D eigenvalue weighted by Crippen LogP contribution is -2.18. The number of aromatic nitrogens is 1. The van der Waals surface area contributed by atoms with E-state index in [1.165, 1.54) is 0 Å². The van der Waals surface area contributed by atoms with Crippen LogP contribution in [0.5, 0.6) is 0 Å². The number of benzene rings is 3. The fraction of sp³-hybridized carbons (Fsp3) is 0.172. The lowest BCUT2D eigenvalue weighted by molar-refractivity contribution is -0.191. The van der Waals surface area contributed by atoms with Crippen LogP contribution in [0.2, 0.25) is 5.02 Å². The third kappa shape index (κ3) is 6.41. The van der Waals surface area contributed by atoms with Gasteiger partial charge in [0, 0.05) is 28.3 Å². The largest absolute Gasteiger partial charge is 0.441 e. The summed E-state index contributed by atoms with van der Waals surface area (Å²) in [6, 6.07) is 21.0. The van der Waals surface area contributed by atoms with Crippen molar-refractivity contribution in [3.63, 3.8) is 0 Å². The highest BCUT2D eigenvalue weighted by Crippen LogP contribution is 2.34. The van der Waals surface area contributed by atoms with E-state index in [1.807, 2.05) is 54.6 Å². The zero-order chi connectivity index (χ0) is 27.9. The van der Waals surface area contributed by atoms with E-state index in [4.69, 9.17) is 30.4 Å². The molecule has 1 aliphatic heterocycles. The van der Waals surface area contributed by atoms with Crippen LogP contribution in [0.3, 0.4) is 0 Å². The van der Waals surface area contributed by atoms with Gasteiger partial charge in [-0.05, 0) is 49.1 Å². The third-order valence-corrected chi connectivity index (χ3v) is 6.55. The number of hydrogen-bond donors (Lipinski definition) is 2. The first-order valence-corrected chi connectivity index (χ1v) is 12.4. The molecule has 0 saturated carbocycles. The standard InChI is InChI=1S/C28H24ClN3O4.CO2/c1-16-26(31-28(34)35-17(2)22-5-3-4-6-23(22)29)27(36-32-16)20-10-7-18(8-11-20)21-12-9-19-13-14-25(33)30-24(19)15-21;2-1-3/h3-12,15,17H,13-14H2,1-2H3,(H,30,33)(H,31,34);. The van der Waals surface area contributed by atoms with Crippen LogP contribution in [-0.4, -0.2) is 23.3 Å². The van der Waals surface area contributed by atoms with Crippen molar-refractivity contribution in [1.29, 1.82) is 0 Å². The van der Waals surface area contributed by atoms with Crippen LogP contribution in [0.4, 0.5) is 16.2 Å². The number of fused-ring (bicyclic) bond motifs is 1. The minimum atomic E-state index is -0.636. The van der Waals surface area contributed by atoms with Crippen molar-refractivity contribution in [2.24, 2.45) is 0 Å². The summed E-state index contributed by atoms with van der Waals surface area (Å²) in [4.78, 5) is 40.7. The number of ether oxygens (including phenoxy) is 1. The maximum atomic E-state index is 12.6. The van der Waals surface area contributed by atoms with Crippen LogP contribution in [0, 0.1) is 6.92 Å². The molecule has 1 aliphatic rings. The zero-order valence-corrected chi connectivity index (χ0v) is 21.9. The minimum Gasteiger partial charge on any atom is -0.441 e. The third-order valence-electron chi connectivity index (χ3n) is 6.20. The van der Waals surface area contributed by atoms with Gasteiger partial charge >= 0.3 is 12.2 Å². The summed E-state index contributed by atoms with van der Waals surface area (Å²) >= 11 is 6.22. The van der Waals surface area contributed by atoms with Crippen molar-refractivity contribution in [2.45, 2.75) is 32.8 Å². The Bertz CT molecular complexity index is 1540. The number of hydrogen-bond acceptors (Lipinski definition) is 7. The first-order valence-electron chi connectivity index (χ1n) is 12.0. The average Bonchev–Trinajstić information content (AvgIpc) is 3.28. The Hall–Kier alpha value is -4.72. The predicted molar refractivity (Wildman–Crippen MR) is 144 cm³/mol. The number of nitrogens with zero attached hydrogens (tertiary/aromatic N) is 1. The first kappa shape index (κ1) is 27.3. The summed E-state index contributed by atoms with van der Waals surface area (Å²) in [6.45, 7) is 3.50. The highest BCUT2D eigenvalue weighted by atomic mass is 35.5. The van der Waals surface area contributed by atoms with Gasteiger partial charge in [-0.25, -0.2) is 4.79 Å². The van der Waals surface area contributed by atoms with E-state index in [9.17, 15) is 9.59 Å². The van der Waals surface area contributed by atoms with Crippen molar-refractivity contribution in [1.82, 2.24) is 5.16 Å². The van der Waals surface area contributed by atoms with Crippen LogP contribution < -0.4 is 10.6 Å². The van der Waals surface area contributed by atoms with Crippen molar-refractivity contribution in [3.8, 4) is 22.5 Å². The van der Waals surface area contributed by atoms with Gasteiger partial charge < -0.3 is 14.6 Å². The molecule has 0 spiro atoms. The fourth-order valence-electron chi connectivity index (χ4n) is 4.24. The average molecular weight is 546 g/mol. The molecule has 0 saturated heterocycles. The maximum absolute atomic E-state index is 12.6. The molecule has 4 aromatic rings. The van der Waals surface area contributed by atoms with Gasteiger partial charge in [-0.3, -0.25) is 10.1 Å². The molecule has 0 radical (unpaired) electrons. The van der Waals surface area contributed by atoms with Gasteiger partial charge in [-0.15, -0.1) is 0 Å². The molecule has 9 nitrogen and oxygen atoms in total. The highest BCUT2D eigenvalue weighted by Gasteiger charge is 2.21. The lowest BCUT2D eigenvalue weighted by Gasteiger charge is -2.17. The van der Waals surface area contributed by atoms with Crippen LogP contribution in [0.25, 0.3) is 22.5 Å². The Morgan fingerprint density at radius 1 is 1.05 bits per heavy atom. The van der Waals surface area contributed by atoms with E-state index in [0.717, 1.165) is 34.4 Å². The summed E-state index contributed by atoms with van der Waals surface area (Å²) in [5.74, 6) is 0.467. The quantitative estimate of drug-likeness (QED) is 0.290. The number of halogens is 1. The molecule has 2 heterocycles. The van der Waals surface area contributed by atoms with Crippen LogP contribution in [0.15, 0.2) is 71.3 Å². The molecular weight excluding hydrogens is 522 g/mol. The molecule has 0 aliphatic carbocycles. The summed E-state index contributed by atoms with van der Waals surface area (Å²) in [6.07, 6.45) is 0.340.